The van der Waals surface area contributed by atoms with Crippen molar-refractivity contribution in [2.45, 2.75) is 25.4 Å². The van der Waals surface area contributed by atoms with Gasteiger partial charge < -0.3 is 34.6 Å². The summed E-state index contributed by atoms with van der Waals surface area (Å²) in [6, 6.07) is 18.9. The van der Waals surface area contributed by atoms with Crippen LogP contribution in [0.5, 0.6) is 17.2 Å². The molecule has 0 radical (unpaired) electrons. The third kappa shape index (κ3) is 7.79. The first-order valence-corrected chi connectivity index (χ1v) is 13.1. The number of hydrogen-bond acceptors (Lipinski definition) is 7. The number of carbonyl (C=O) groups excluding carboxylic acids is 1. The Morgan fingerprint density at radius 3 is 2.38 bits per heavy atom. The van der Waals surface area contributed by atoms with E-state index in [4.69, 9.17) is 30.9 Å². The maximum absolute atomic E-state index is 13.0. The number of amides is 1. The lowest BCUT2D eigenvalue weighted by Crippen LogP contribution is -2.45. The van der Waals surface area contributed by atoms with E-state index in [0.29, 0.717) is 66.1 Å². The van der Waals surface area contributed by atoms with Crippen molar-refractivity contribution in [1.82, 2.24) is 0 Å². The number of carboxylic acids is 2. The fourth-order valence-corrected chi connectivity index (χ4v) is 4.31. The summed E-state index contributed by atoms with van der Waals surface area (Å²) >= 11 is 5.95. The van der Waals surface area contributed by atoms with Gasteiger partial charge in [-0.05, 0) is 61.0 Å². The van der Waals surface area contributed by atoms with Crippen LogP contribution in [0.4, 0.5) is 11.4 Å². The first-order valence-electron chi connectivity index (χ1n) is 12.7. The zero-order valence-corrected chi connectivity index (χ0v) is 22.3. The molecule has 1 aliphatic heterocycles. The van der Waals surface area contributed by atoms with Crippen LogP contribution in [-0.2, 0) is 9.59 Å². The molecule has 40 heavy (non-hydrogen) atoms. The average molecular weight is 569 g/mol. The lowest BCUT2D eigenvalue weighted by Gasteiger charge is -2.35. The molecule has 11 heteroatoms. The van der Waals surface area contributed by atoms with Gasteiger partial charge in [-0.25, -0.2) is 4.79 Å². The Morgan fingerprint density at radius 2 is 1.68 bits per heavy atom. The van der Waals surface area contributed by atoms with Gasteiger partial charge in [0.05, 0.1) is 31.1 Å². The number of ether oxygens (including phenoxy) is 3. The van der Waals surface area contributed by atoms with Gasteiger partial charge in [0.25, 0.3) is 5.91 Å². The van der Waals surface area contributed by atoms with Gasteiger partial charge in [-0.2, -0.15) is 0 Å². The monoisotopic (exact) mass is 568 g/mol. The van der Waals surface area contributed by atoms with Crippen LogP contribution in [0, 0.1) is 0 Å². The normalized spacial score (nSPS) is 14.0. The van der Waals surface area contributed by atoms with Gasteiger partial charge in [0, 0.05) is 30.0 Å². The maximum Gasteiger partial charge on any atom is 0.346 e. The van der Waals surface area contributed by atoms with Crippen molar-refractivity contribution in [2.24, 2.45) is 0 Å². The number of para-hydroxylation sites is 1. The Bertz CT molecular complexity index is 1350. The van der Waals surface area contributed by atoms with Crippen molar-refractivity contribution in [3.63, 3.8) is 0 Å². The third-order valence-corrected chi connectivity index (χ3v) is 6.30. The molecule has 3 aromatic rings. The fourth-order valence-electron chi connectivity index (χ4n) is 4.13. The van der Waals surface area contributed by atoms with Gasteiger partial charge in [-0.1, -0.05) is 23.7 Å². The molecule has 1 amide bonds. The molecule has 1 unspecified atom stereocenters. The molecule has 0 aliphatic carbocycles. The zero-order chi connectivity index (χ0) is 28.5. The van der Waals surface area contributed by atoms with Crippen molar-refractivity contribution in [3.8, 4) is 17.2 Å². The Kier molecular flexibility index (Phi) is 9.69. The molecule has 0 fully saturated rings. The summed E-state index contributed by atoms with van der Waals surface area (Å²) in [5, 5.41) is 21.9. The Labute approximate surface area is 236 Å². The SMILES string of the molecule is O=C(O)CCCN1CC(C(=O)O)Oc2c(NC(=O)c3ccc(OCCCOc4cccc(Cl)c4)cc3)cccc21. The molecule has 1 heterocycles. The van der Waals surface area contributed by atoms with Crippen LogP contribution in [0.25, 0.3) is 0 Å². The minimum Gasteiger partial charge on any atom is -0.493 e. The second-order valence-electron chi connectivity index (χ2n) is 9.03. The molecule has 3 N–H and O–H groups in total. The van der Waals surface area contributed by atoms with Crippen LogP contribution in [0.1, 0.15) is 29.6 Å². The van der Waals surface area contributed by atoms with E-state index < -0.39 is 23.9 Å². The van der Waals surface area contributed by atoms with Crippen LogP contribution < -0.4 is 24.4 Å². The van der Waals surface area contributed by atoms with E-state index in [9.17, 15) is 19.5 Å². The summed E-state index contributed by atoms with van der Waals surface area (Å²) in [4.78, 5) is 37.4. The molecule has 1 aliphatic rings. The number of carbonyl (C=O) groups is 3. The van der Waals surface area contributed by atoms with Crippen molar-refractivity contribution < 1.29 is 38.8 Å². The highest BCUT2D eigenvalue weighted by Crippen LogP contribution is 2.40. The second-order valence-corrected chi connectivity index (χ2v) is 9.46. The predicted molar refractivity (Wildman–Crippen MR) is 149 cm³/mol. The predicted octanol–water partition coefficient (Wildman–Crippen LogP) is 4.96. The summed E-state index contributed by atoms with van der Waals surface area (Å²) < 4.78 is 17.1. The topological polar surface area (TPSA) is 135 Å². The molecule has 0 saturated heterocycles. The van der Waals surface area contributed by atoms with E-state index in [1.54, 1.807) is 59.5 Å². The van der Waals surface area contributed by atoms with E-state index in [1.165, 1.54) is 0 Å². The molecular formula is C29H29ClN2O8. The number of benzene rings is 3. The summed E-state index contributed by atoms with van der Waals surface area (Å²) in [7, 11) is 0. The molecule has 0 aromatic heterocycles. The summed E-state index contributed by atoms with van der Waals surface area (Å²) in [5.74, 6) is -0.971. The molecule has 0 spiro atoms. The Balaban J connectivity index is 1.34. The van der Waals surface area contributed by atoms with Crippen LogP contribution in [-0.4, -0.2) is 60.5 Å². The van der Waals surface area contributed by atoms with Gasteiger partial charge in [-0.15, -0.1) is 0 Å². The zero-order valence-electron chi connectivity index (χ0n) is 21.5. The highest BCUT2D eigenvalue weighted by atomic mass is 35.5. The average Bonchev–Trinajstić information content (AvgIpc) is 2.93. The van der Waals surface area contributed by atoms with E-state index in [-0.39, 0.29) is 18.7 Å². The lowest BCUT2D eigenvalue weighted by molar-refractivity contribution is -0.145. The number of carboxylic acid groups (broad SMARTS) is 2. The van der Waals surface area contributed by atoms with Gasteiger partial charge in [0.1, 0.15) is 11.5 Å². The minimum atomic E-state index is -1.16. The van der Waals surface area contributed by atoms with Gasteiger partial charge >= 0.3 is 11.9 Å². The highest BCUT2D eigenvalue weighted by Gasteiger charge is 2.32. The summed E-state index contributed by atoms with van der Waals surface area (Å²) in [6.07, 6.45) is -0.223. The Hall–Kier alpha value is -4.44. The van der Waals surface area contributed by atoms with E-state index >= 15 is 0 Å². The lowest BCUT2D eigenvalue weighted by atomic mass is 10.1. The number of halogens is 1. The van der Waals surface area contributed by atoms with Gasteiger partial charge in [0.15, 0.2) is 5.75 Å². The van der Waals surface area contributed by atoms with Crippen LogP contribution in [0.3, 0.4) is 0 Å². The first kappa shape index (κ1) is 28.6. The van der Waals surface area contributed by atoms with Crippen molar-refractivity contribution in [1.29, 1.82) is 0 Å². The first-order chi connectivity index (χ1) is 19.3. The van der Waals surface area contributed by atoms with Crippen molar-refractivity contribution in [2.75, 3.05) is 36.5 Å². The number of nitrogens with zero attached hydrogens (tertiary/aromatic N) is 1. The molecule has 10 nitrogen and oxygen atoms in total. The quantitative estimate of drug-likeness (QED) is 0.245. The summed E-state index contributed by atoms with van der Waals surface area (Å²) in [6.45, 7) is 1.28. The van der Waals surface area contributed by atoms with Crippen LogP contribution >= 0.6 is 11.6 Å². The van der Waals surface area contributed by atoms with Crippen molar-refractivity contribution in [3.05, 3.63) is 77.3 Å². The molecule has 0 saturated carbocycles. The molecule has 4 rings (SSSR count). The van der Waals surface area contributed by atoms with Crippen LogP contribution in [0.2, 0.25) is 5.02 Å². The fraction of sp³-hybridized carbons (Fsp3) is 0.276. The number of aliphatic carboxylic acids is 2. The van der Waals surface area contributed by atoms with E-state index in [2.05, 4.69) is 5.32 Å². The van der Waals surface area contributed by atoms with E-state index in [1.807, 2.05) is 12.1 Å². The molecule has 3 aromatic carbocycles. The standard InChI is InChI=1S/C29H29ClN2O8/c30-20-5-1-6-22(17-20)39-16-4-15-38-21-12-10-19(11-13-21)28(35)31-23-7-2-8-24-27(23)40-25(29(36)37)18-32(24)14-3-9-26(33)34/h1-2,5-8,10-13,17,25H,3-4,9,14-16,18H2,(H,31,35)(H,33,34)(H,36,37). The molecular weight excluding hydrogens is 540 g/mol. The number of nitrogens with one attached hydrogen (secondary N) is 1. The molecule has 1 atom stereocenters. The number of hydrogen-bond donors (Lipinski definition) is 3. The highest BCUT2D eigenvalue weighted by molar-refractivity contribution is 6.30. The smallest absolute Gasteiger partial charge is 0.346 e. The molecule has 210 valence electrons. The second kappa shape index (κ2) is 13.6. The Morgan fingerprint density at radius 1 is 0.950 bits per heavy atom. The minimum absolute atomic E-state index is 0.0443. The van der Waals surface area contributed by atoms with E-state index in [0.717, 1.165) is 0 Å². The number of fused-ring (bicyclic) bond motifs is 1. The third-order valence-electron chi connectivity index (χ3n) is 6.06. The van der Waals surface area contributed by atoms with Gasteiger partial charge in [0.2, 0.25) is 6.10 Å². The molecule has 0 bridgehead atoms. The van der Waals surface area contributed by atoms with Crippen molar-refractivity contribution >= 4 is 40.8 Å². The number of rotatable bonds is 13. The van der Waals surface area contributed by atoms with Crippen LogP contribution in [0.15, 0.2) is 66.7 Å². The van der Waals surface area contributed by atoms with Gasteiger partial charge in [-0.3, -0.25) is 9.59 Å². The summed E-state index contributed by atoms with van der Waals surface area (Å²) in [5.41, 5.74) is 1.28. The maximum atomic E-state index is 13.0. The largest absolute Gasteiger partial charge is 0.493 e. The number of anilines is 2.